The molecule has 84 valence electrons. The number of hydrogen-bond acceptors (Lipinski definition) is 3. The average Bonchev–Trinajstić information content (AvgIpc) is 1.81. The van der Waals surface area contributed by atoms with Gasteiger partial charge in [0.05, 0.1) is 0 Å². The Morgan fingerprint density at radius 3 is 1.93 bits per heavy atom. The molecule has 0 aliphatic rings. The van der Waals surface area contributed by atoms with Gasteiger partial charge in [-0.05, 0) is 0 Å². The van der Waals surface area contributed by atoms with Crippen LogP contribution in [-0.2, 0) is 9.84 Å². The lowest BCUT2D eigenvalue weighted by Gasteiger charge is -2.05. The second kappa shape index (κ2) is 6.03. The minimum absolute atomic E-state index is 0. The molecular weight excluding hydrogens is 224 g/mol. The van der Waals surface area contributed by atoms with Crippen LogP contribution in [0.3, 0.4) is 0 Å². The molecule has 0 spiro atoms. The van der Waals surface area contributed by atoms with E-state index in [2.05, 4.69) is 0 Å². The lowest BCUT2D eigenvalue weighted by Crippen LogP contribution is -3.00. The van der Waals surface area contributed by atoms with E-state index in [1.807, 2.05) is 0 Å². The number of rotatable bonds is 3. The Labute approximate surface area is 92.2 Å². The Morgan fingerprint density at radius 2 is 1.71 bits per heavy atom. The molecule has 0 bridgehead atoms. The quantitative estimate of drug-likeness (QED) is 0.385. The van der Waals surface area contributed by atoms with Crippen molar-refractivity contribution >= 4 is 16.1 Å². The fourth-order valence-electron chi connectivity index (χ4n) is 0.734. The van der Waals surface area contributed by atoms with Gasteiger partial charge < -0.3 is 17.3 Å². The lowest BCUT2D eigenvalue weighted by molar-refractivity contribution is -0.458. The van der Waals surface area contributed by atoms with Crippen LogP contribution in [0.1, 0.15) is 0 Å². The van der Waals surface area contributed by atoms with Crippen molar-refractivity contribution in [1.29, 1.82) is 0 Å². The molecule has 0 aliphatic heterocycles. The van der Waals surface area contributed by atoms with Crippen LogP contribution in [0.15, 0.2) is 11.1 Å². The van der Waals surface area contributed by atoms with Crippen LogP contribution in [0, 0.1) is 0 Å². The highest BCUT2D eigenvalue weighted by molar-refractivity contribution is 7.95. The van der Waals surface area contributed by atoms with Gasteiger partial charge in [0.2, 0.25) is 0 Å². The zero-order chi connectivity index (χ0) is 10.6. The van der Waals surface area contributed by atoms with E-state index in [9.17, 15) is 8.42 Å². The van der Waals surface area contributed by atoms with Gasteiger partial charge >= 0.3 is 0 Å². The summed E-state index contributed by atoms with van der Waals surface area (Å²) in [4.78, 5) is 2.01. The molecule has 0 heterocycles. The highest BCUT2D eigenvalue weighted by Crippen LogP contribution is 2.01. The number of hydrogen-bond donors (Lipinski definition) is 0. The second-order valence-corrected chi connectivity index (χ2v) is 5.38. The Bertz CT molecular complexity index is 327. The predicted molar refractivity (Wildman–Crippen MR) is 54.8 cm³/mol. The molecule has 0 aromatic carbocycles. The minimum atomic E-state index is -3.13. The number of allylic oxidation sites excluding steroid dienone is 1. The van der Waals surface area contributed by atoms with Crippen molar-refractivity contribution in [2.24, 2.45) is 0 Å². The van der Waals surface area contributed by atoms with E-state index >= 15 is 0 Å². The maximum atomic E-state index is 11.2. The van der Waals surface area contributed by atoms with Gasteiger partial charge in [-0.2, -0.15) is 0 Å². The summed E-state index contributed by atoms with van der Waals surface area (Å²) < 4.78 is 24.2. The van der Waals surface area contributed by atoms with E-state index in [0.717, 1.165) is 0 Å². The lowest BCUT2D eigenvalue weighted by atomic mass is 10.6. The highest BCUT2D eigenvalue weighted by Gasteiger charge is 2.12. The van der Waals surface area contributed by atoms with Gasteiger partial charge in [-0.3, -0.25) is 0 Å². The van der Waals surface area contributed by atoms with Gasteiger partial charge in [-0.1, -0.05) is 0 Å². The van der Waals surface area contributed by atoms with Crippen LogP contribution in [-0.4, -0.2) is 58.6 Å². The van der Waals surface area contributed by atoms with Crippen LogP contribution in [0.4, 0.5) is 0 Å². The van der Waals surface area contributed by atoms with Gasteiger partial charge in [-0.15, -0.1) is 0 Å². The second-order valence-electron chi connectivity index (χ2n) is 3.36. The molecule has 0 saturated carbocycles. The standard InChI is InChI=1S/C8H17N2O2S.ClH/c1-9(2)6-8(7-10(3)4)13(5,11)12;/h6-7H,1-5H3;1H/q+1;/p-1. The maximum absolute atomic E-state index is 11.2. The molecule has 0 amide bonds. The molecule has 6 heteroatoms. The summed E-state index contributed by atoms with van der Waals surface area (Å²) in [5, 5.41) is 0. The molecule has 0 radical (unpaired) electrons. The van der Waals surface area contributed by atoms with Crippen molar-refractivity contribution in [3.05, 3.63) is 11.1 Å². The van der Waals surface area contributed by atoms with Crippen LogP contribution < -0.4 is 12.4 Å². The van der Waals surface area contributed by atoms with Crippen molar-refractivity contribution < 1.29 is 25.4 Å². The minimum Gasteiger partial charge on any atom is -1.00 e. The molecule has 0 fully saturated rings. The summed E-state index contributed by atoms with van der Waals surface area (Å²) >= 11 is 0. The topological polar surface area (TPSA) is 40.4 Å². The van der Waals surface area contributed by atoms with Gasteiger partial charge in [0, 0.05) is 26.6 Å². The molecule has 0 aromatic rings. The molecular formula is C8H17ClN2O2S. The molecule has 0 aromatic heterocycles. The Kier molecular flexibility index (Phi) is 6.85. The summed E-state index contributed by atoms with van der Waals surface area (Å²) in [6, 6.07) is 0. The molecule has 0 atom stereocenters. The molecule has 0 aliphatic carbocycles. The molecule has 4 nitrogen and oxygen atoms in total. The summed E-state index contributed by atoms with van der Waals surface area (Å²) in [7, 11) is 4.01. The van der Waals surface area contributed by atoms with Crippen LogP contribution in [0.5, 0.6) is 0 Å². The van der Waals surface area contributed by atoms with Gasteiger partial charge in [0.15, 0.2) is 16.1 Å². The maximum Gasteiger partial charge on any atom is 0.183 e. The van der Waals surface area contributed by atoms with Gasteiger partial charge in [0.1, 0.15) is 19.0 Å². The van der Waals surface area contributed by atoms with Gasteiger partial charge in [0.25, 0.3) is 0 Å². The molecule has 0 rings (SSSR count). The molecule has 0 unspecified atom stereocenters. The van der Waals surface area contributed by atoms with Crippen molar-refractivity contribution in [2.45, 2.75) is 0 Å². The third kappa shape index (κ3) is 6.91. The normalized spacial score (nSPS) is 11.6. The summed E-state index contributed by atoms with van der Waals surface area (Å²) in [6.45, 7) is 0. The Morgan fingerprint density at radius 1 is 1.29 bits per heavy atom. The van der Waals surface area contributed by atoms with Crippen LogP contribution in [0.25, 0.3) is 0 Å². The first-order valence-corrected chi connectivity index (χ1v) is 5.72. The summed E-state index contributed by atoms with van der Waals surface area (Å²) in [6.07, 6.45) is 4.35. The molecule has 0 saturated heterocycles. The van der Waals surface area contributed by atoms with E-state index in [1.165, 1.54) is 6.26 Å². The van der Waals surface area contributed by atoms with E-state index in [1.54, 1.807) is 50.1 Å². The monoisotopic (exact) mass is 240 g/mol. The van der Waals surface area contributed by atoms with Crippen molar-refractivity contribution in [2.75, 3.05) is 34.4 Å². The van der Waals surface area contributed by atoms with Gasteiger partial charge in [-0.25, -0.2) is 13.0 Å². The first-order valence-electron chi connectivity index (χ1n) is 3.83. The third-order valence-corrected chi connectivity index (χ3v) is 2.27. The zero-order valence-corrected chi connectivity index (χ0v) is 10.7. The largest absolute Gasteiger partial charge is 1.00 e. The fraction of sp³-hybridized carbons (Fsp3) is 0.625. The SMILES string of the molecule is CN(C)C=C(C=[N+](C)C)S(C)(=O)=O.[Cl-]. The van der Waals surface area contributed by atoms with Crippen LogP contribution >= 0.6 is 0 Å². The first kappa shape index (κ1) is 15.9. The number of nitrogens with zero attached hydrogens (tertiary/aromatic N) is 2. The zero-order valence-electron chi connectivity index (χ0n) is 9.15. The van der Waals surface area contributed by atoms with Crippen molar-refractivity contribution in [3.8, 4) is 0 Å². The van der Waals surface area contributed by atoms with Crippen molar-refractivity contribution in [1.82, 2.24) is 4.90 Å². The first-order chi connectivity index (χ1) is 5.73. The molecule has 14 heavy (non-hydrogen) atoms. The number of halogens is 1. The number of sulfone groups is 1. The van der Waals surface area contributed by atoms with Crippen molar-refractivity contribution in [3.63, 3.8) is 0 Å². The van der Waals surface area contributed by atoms with E-state index in [-0.39, 0.29) is 12.4 Å². The average molecular weight is 241 g/mol. The fourth-order valence-corrected chi connectivity index (χ4v) is 1.54. The Hall–Kier alpha value is -0.550. The molecule has 0 N–H and O–H groups in total. The van der Waals surface area contributed by atoms with Crippen LogP contribution in [0.2, 0.25) is 0 Å². The predicted octanol–water partition coefficient (Wildman–Crippen LogP) is -3.22. The smallest absolute Gasteiger partial charge is 0.183 e. The third-order valence-electron chi connectivity index (χ3n) is 1.20. The summed E-state index contributed by atoms with van der Waals surface area (Å²) in [5.74, 6) is 0. The van der Waals surface area contributed by atoms with E-state index in [4.69, 9.17) is 0 Å². The van der Waals surface area contributed by atoms with E-state index in [0.29, 0.717) is 4.91 Å². The summed E-state index contributed by atoms with van der Waals surface area (Å²) in [5.41, 5.74) is 0. The van der Waals surface area contributed by atoms with E-state index < -0.39 is 9.84 Å². The Balaban J connectivity index is 0. The highest BCUT2D eigenvalue weighted by atomic mass is 35.5.